The van der Waals surface area contributed by atoms with Gasteiger partial charge in [0.1, 0.15) is 5.54 Å². The zero-order chi connectivity index (χ0) is 13.5. The number of carbonyl (C=O) groups excluding carboxylic acids is 1. The zero-order valence-electron chi connectivity index (χ0n) is 11.9. The Labute approximate surface area is 115 Å². The number of primary amides is 1. The first-order valence-corrected chi connectivity index (χ1v) is 7.61. The Bertz CT molecular complexity index is 357. The SMILES string of the molecule is CC(CN1CCN2CCCC2C1)(NC1CC1)C(N)=O. The van der Waals surface area contributed by atoms with Gasteiger partial charge < -0.3 is 5.73 Å². The first kappa shape index (κ1) is 13.3. The van der Waals surface area contributed by atoms with Crippen molar-refractivity contribution in [3.8, 4) is 0 Å². The van der Waals surface area contributed by atoms with Crippen molar-refractivity contribution in [1.29, 1.82) is 0 Å². The standard InChI is InChI=1S/C14H26N4O/c1-14(13(15)19,16-11-4-5-11)10-17-7-8-18-6-2-3-12(18)9-17/h11-12,16H,2-10H2,1H3,(H2,15,19). The number of amides is 1. The van der Waals surface area contributed by atoms with Crippen molar-refractivity contribution in [2.24, 2.45) is 5.73 Å². The molecule has 0 bridgehead atoms. The Balaban J connectivity index is 1.60. The highest BCUT2D eigenvalue weighted by Gasteiger charge is 2.40. The van der Waals surface area contributed by atoms with Crippen LogP contribution in [0.25, 0.3) is 0 Å². The molecule has 2 aliphatic heterocycles. The highest BCUT2D eigenvalue weighted by Crippen LogP contribution is 2.25. The van der Waals surface area contributed by atoms with Crippen LogP contribution in [0.5, 0.6) is 0 Å². The number of carbonyl (C=O) groups is 1. The molecular weight excluding hydrogens is 240 g/mol. The number of nitrogens with two attached hydrogens (primary N) is 1. The molecule has 1 aliphatic carbocycles. The summed E-state index contributed by atoms with van der Waals surface area (Å²) in [4.78, 5) is 16.8. The second-order valence-corrected chi connectivity index (χ2v) is 6.68. The molecule has 5 nitrogen and oxygen atoms in total. The fourth-order valence-electron chi connectivity index (χ4n) is 3.52. The molecule has 3 rings (SSSR count). The molecule has 0 radical (unpaired) electrons. The van der Waals surface area contributed by atoms with E-state index in [-0.39, 0.29) is 5.91 Å². The van der Waals surface area contributed by atoms with E-state index in [0.29, 0.717) is 12.1 Å². The third-order valence-electron chi connectivity index (χ3n) is 4.86. The van der Waals surface area contributed by atoms with Gasteiger partial charge in [0, 0.05) is 38.3 Å². The molecule has 0 spiro atoms. The minimum Gasteiger partial charge on any atom is -0.368 e. The van der Waals surface area contributed by atoms with E-state index in [9.17, 15) is 4.79 Å². The monoisotopic (exact) mass is 266 g/mol. The maximum Gasteiger partial charge on any atom is 0.238 e. The van der Waals surface area contributed by atoms with Crippen molar-refractivity contribution in [2.45, 2.75) is 50.2 Å². The third-order valence-corrected chi connectivity index (χ3v) is 4.86. The maximum absolute atomic E-state index is 11.8. The average Bonchev–Trinajstić information content (AvgIpc) is 3.04. The summed E-state index contributed by atoms with van der Waals surface area (Å²) in [6.45, 7) is 7.27. The lowest BCUT2D eigenvalue weighted by atomic mass is 9.99. The van der Waals surface area contributed by atoms with Gasteiger partial charge in [-0.25, -0.2) is 0 Å². The number of nitrogens with zero attached hydrogens (tertiary/aromatic N) is 2. The van der Waals surface area contributed by atoms with Crippen molar-refractivity contribution in [3.63, 3.8) is 0 Å². The van der Waals surface area contributed by atoms with Crippen molar-refractivity contribution >= 4 is 5.91 Å². The van der Waals surface area contributed by atoms with Crippen LogP contribution in [0, 0.1) is 0 Å². The van der Waals surface area contributed by atoms with Gasteiger partial charge >= 0.3 is 0 Å². The highest BCUT2D eigenvalue weighted by molar-refractivity contribution is 5.84. The summed E-state index contributed by atoms with van der Waals surface area (Å²) in [7, 11) is 0. The number of rotatable bonds is 5. The third kappa shape index (κ3) is 2.93. The number of hydrogen-bond acceptors (Lipinski definition) is 4. The van der Waals surface area contributed by atoms with Gasteiger partial charge in [-0.15, -0.1) is 0 Å². The number of piperazine rings is 1. The molecule has 2 saturated heterocycles. The van der Waals surface area contributed by atoms with E-state index >= 15 is 0 Å². The Hall–Kier alpha value is -0.650. The molecular formula is C14H26N4O. The van der Waals surface area contributed by atoms with E-state index in [2.05, 4.69) is 15.1 Å². The highest BCUT2D eigenvalue weighted by atomic mass is 16.1. The van der Waals surface area contributed by atoms with Crippen LogP contribution in [-0.2, 0) is 4.79 Å². The van der Waals surface area contributed by atoms with Crippen molar-refractivity contribution in [2.75, 3.05) is 32.7 Å². The van der Waals surface area contributed by atoms with Gasteiger partial charge in [0.25, 0.3) is 0 Å². The predicted octanol–water partition coefficient (Wildman–Crippen LogP) is -0.238. The molecule has 3 aliphatic rings. The van der Waals surface area contributed by atoms with E-state index in [0.717, 1.165) is 26.2 Å². The van der Waals surface area contributed by atoms with Gasteiger partial charge in [-0.1, -0.05) is 0 Å². The zero-order valence-corrected chi connectivity index (χ0v) is 11.9. The second kappa shape index (κ2) is 5.04. The van der Waals surface area contributed by atoms with Crippen molar-refractivity contribution < 1.29 is 4.79 Å². The van der Waals surface area contributed by atoms with Gasteiger partial charge in [0.05, 0.1) is 0 Å². The molecule has 3 fully saturated rings. The normalized spacial score (nSPS) is 31.9. The van der Waals surface area contributed by atoms with Gasteiger partial charge in [-0.3, -0.25) is 19.9 Å². The Kier molecular flexibility index (Phi) is 3.53. The van der Waals surface area contributed by atoms with E-state index in [1.165, 1.54) is 32.2 Å². The molecule has 108 valence electrons. The number of nitrogens with one attached hydrogen (secondary N) is 1. The molecule has 5 heteroatoms. The van der Waals surface area contributed by atoms with Crippen LogP contribution in [0.3, 0.4) is 0 Å². The molecule has 2 heterocycles. The van der Waals surface area contributed by atoms with E-state index < -0.39 is 5.54 Å². The summed E-state index contributed by atoms with van der Waals surface area (Å²) in [5, 5.41) is 3.44. The molecule has 19 heavy (non-hydrogen) atoms. The van der Waals surface area contributed by atoms with Crippen LogP contribution in [0.4, 0.5) is 0 Å². The summed E-state index contributed by atoms with van der Waals surface area (Å²) in [6, 6.07) is 1.21. The first-order valence-electron chi connectivity index (χ1n) is 7.61. The quantitative estimate of drug-likeness (QED) is 0.721. The van der Waals surface area contributed by atoms with Gasteiger partial charge in [0.15, 0.2) is 0 Å². The molecule has 2 atom stereocenters. The summed E-state index contributed by atoms with van der Waals surface area (Å²) in [5.41, 5.74) is 5.06. The molecule has 1 amide bonds. The van der Waals surface area contributed by atoms with Crippen LogP contribution in [-0.4, -0.2) is 66.1 Å². The van der Waals surface area contributed by atoms with Crippen LogP contribution >= 0.6 is 0 Å². The van der Waals surface area contributed by atoms with Crippen LogP contribution in [0.1, 0.15) is 32.6 Å². The lowest BCUT2D eigenvalue weighted by molar-refractivity contribution is -0.125. The Morgan fingerprint density at radius 2 is 2.11 bits per heavy atom. The van der Waals surface area contributed by atoms with Crippen LogP contribution < -0.4 is 11.1 Å². The van der Waals surface area contributed by atoms with Gasteiger partial charge in [0.2, 0.25) is 5.91 Å². The van der Waals surface area contributed by atoms with Crippen LogP contribution in [0.15, 0.2) is 0 Å². The lowest BCUT2D eigenvalue weighted by Gasteiger charge is -2.41. The van der Waals surface area contributed by atoms with Crippen LogP contribution in [0.2, 0.25) is 0 Å². The van der Waals surface area contributed by atoms with Gasteiger partial charge in [-0.05, 0) is 39.2 Å². The molecule has 2 unspecified atom stereocenters. The fourth-order valence-corrected chi connectivity index (χ4v) is 3.52. The van der Waals surface area contributed by atoms with Crippen molar-refractivity contribution in [3.05, 3.63) is 0 Å². The van der Waals surface area contributed by atoms with E-state index in [1.807, 2.05) is 6.92 Å². The largest absolute Gasteiger partial charge is 0.368 e. The smallest absolute Gasteiger partial charge is 0.238 e. The summed E-state index contributed by atoms with van der Waals surface area (Å²) < 4.78 is 0. The van der Waals surface area contributed by atoms with Crippen molar-refractivity contribution in [1.82, 2.24) is 15.1 Å². The molecule has 0 aromatic carbocycles. The summed E-state index contributed by atoms with van der Waals surface area (Å²) >= 11 is 0. The van der Waals surface area contributed by atoms with E-state index in [1.54, 1.807) is 0 Å². The molecule has 3 N–H and O–H groups in total. The molecule has 1 saturated carbocycles. The molecule has 0 aromatic rings. The number of hydrogen-bond donors (Lipinski definition) is 2. The summed E-state index contributed by atoms with van der Waals surface area (Å²) in [5.74, 6) is -0.215. The topological polar surface area (TPSA) is 61.6 Å². The predicted molar refractivity (Wildman–Crippen MR) is 74.8 cm³/mol. The summed E-state index contributed by atoms with van der Waals surface area (Å²) in [6.07, 6.45) is 4.99. The maximum atomic E-state index is 11.8. The fraction of sp³-hybridized carbons (Fsp3) is 0.929. The second-order valence-electron chi connectivity index (χ2n) is 6.68. The average molecular weight is 266 g/mol. The minimum atomic E-state index is -0.568. The van der Waals surface area contributed by atoms with Gasteiger partial charge in [-0.2, -0.15) is 0 Å². The Morgan fingerprint density at radius 1 is 1.32 bits per heavy atom. The molecule has 0 aromatic heterocycles. The van der Waals surface area contributed by atoms with E-state index in [4.69, 9.17) is 5.73 Å². The Morgan fingerprint density at radius 3 is 2.79 bits per heavy atom. The lowest BCUT2D eigenvalue weighted by Crippen LogP contribution is -2.63. The first-order chi connectivity index (χ1) is 9.07. The number of fused-ring (bicyclic) bond motifs is 1. The minimum absolute atomic E-state index is 0.215.